The van der Waals surface area contributed by atoms with Crippen LogP contribution in [0.1, 0.15) is 16.7 Å². The number of rotatable bonds is 8. The summed E-state index contributed by atoms with van der Waals surface area (Å²) < 4.78 is 11.5. The molecule has 0 N–H and O–H groups in total. The molecule has 3 aromatic rings. The number of hydrogen-bond acceptors (Lipinski definition) is 7. The maximum absolute atomic E-state index is 13.0. The van der Waals surface area contributed by atoms with Crippen molar-refractivity contribution in [2.24, 2.45) is 0 Å². The Bertz CT molecular complexity index is 1380. The van der Waals surface area contributed by atoms with Crippen LogP contribution in [0.4, 0.5) is 10.5 Å². The van der Waals surface area contributed by atoms with Gasteiger partial charge in [-0.1, -0.05) is 53.5 Å². The zero-order valence-corrected chi connectivity index (χ0v) is 21.1. The predicted octanol–water partition coefficient (Wildman–Crippen LogP) is 6.73. The molecular formula is C25H18Cl2N2O6S. The fourth-order valence-electron chi connectivity index (χ4n) is 3.43. The molecule has 0 spiro atoms. The number of hydrogen-bond donors (Lipinski definition) is 0. The Morgan fingerprint density at radius 2 is 1.83 bits per heavy atom. The average Bonchev–Trinajstić information content (AvgIpc) is 3.11. The van der Waals surface area contributed by atoms with Crippen molar-refractivity contribution in [3.05, 3.63) is 102 Å². The molecule has 1 saturated heterocycles. The van der Waals surface area contributed by atoms with Crippen molar-refractivity contribution in [2.75, 3.05) is 7.11 Å². The number of imide groups is 1. The molecular weight excluding hydrogens is 527 g/mol. The van der Waals surface area contributed by atoms with Crippen LogP contribution in [0, 0.1) is 10.1 Å². The van der Waals surface area contributed by atoms with Gasteiger partial charge in [-0.2, -0.15) is 0 Å². The van der Waals surface area contributed by atoms with Crippen LogP contribution >= 0.6 is 35.0 Å². The van der Waals surface area contributed by atoms with Gasteiger partial charge in [-0.05, 0) is 41.6 Å². The number of benzene rings is 3. The molecule has 0 unspecified atom stereocenters. The molecule has 0 atom stereocenters. The number of non-ortho nitro benzene ring substituents is 1. The second-order valence-electron chi connectivity index (χ2n) is 7.59. The molecule has 3 aromatic carbocycles. The zero-order valence-electron chi connectivity index (χ0n) is 18.8. The van der Waals surface area contributed by atoms with Gasteiger partial charge in [0.15, 0.2) is 11.5 Å². The van der Waals surface area contributed by atoms with Crippen molar-refractivity contribution in [3.63, 3.8) is 0 Å². The van der Waals surface area contributed by atoms with E-state index >= 15 is 0 Å². The third kappa shape index (κ3) is 5.64. The molecule has 4 rings (SSSR count). The minimum Gasteiger partial charge on any atom is -0.493 e. The van der Waals surface area contributed by atoms with Gasteiger partial charge in [0.25, 0.3) is 16.8 Å². The van der Waals surface area contributed by atoms with Gasteiger partial charge in [-0.15, -0.1) is 0 Å². The maximum Gasteiger partial charge on any atom is 0.293 e. The lowest BCUT2D eigenvalue weighted by molar-refractivity contribution is -0.384. The Labute approximate surface area is 220 Å². The normalized spacial score (nSPS) is 14.4. The van der Waals surface area contributed by atoms with Crippen LogP contribution in [-0.4, -0.2) is 28.1 Å². The van der Waals surface area contributed by atoms with Crippen LogP contribution in [0.25, 0.3) is 6.08 Å². The molecule has 2 amide bonds. The maximum atomic E-state index is 13.0. The van der Waals surface area contributed by atoms with Gasteiger partial charge in [0, 0.05) is 33.3 Å². The number of amides is 2. The molecule has 1 fully saturated rings. The number of carbonyl (C=O) groups excluding carboxylic acids is 2. The first-order chi connectivity index (χ1) is 17.3. The van der Waals surface area contributed by atoms with Crippen LogP contribution in [0.5, 0.6) is 11.5 Å². The third-order valence-corrected chi connectivity index (χ3v) is 6.76. The first-order valence-corrected chi connectivity index (χ1v) is 12.1. The lowest BCUT2D eigenvalue weighted by Gasteiger charge is -2.15. The van der Waals surface area contributed by atoms with E-state index < -0.39 is 16.1 Å². The van der Waals surface area contributed by atoms with Crippen LogP contribution in [0.3, 0.4) is 0 Å². The Hall–Kier alpha value is -3.53. The minimum absolute atomic E-state index is 0.00344. The second kappa shape index (κ2) is 11.0. The summed E-state index contributed by atoms with van der Waals surface area (Å²) in [5, 5.41) is 11.4. The first-order valence-electron chi connectivity index (χ1n) is 10.5. The Morgan fingerprint density at radius 3 is 2.50 bits per heavy atom. The molecule has 1 aliphatic rings. The number of halogens is 2. The van der Waals surface area contributed by atoms with E-state index in [4.69, 9.17) is 32.7 Å². The van der Waals surface area contributed by atoms with Gasteiger partial charge >= 0.3 is 0 Å². The largest absolute Gasteiger partial charge is 0.493 e. The molecule has 8 nitrogen and oxygen atoms in total. The molecule has 0 saturated carbocycles. The van der Waals surface area contributed by atoms with E-state index in [0.29, 0.717) is 38.2 Å². The summed E-state index contributed by atoms with van der Waals surface area (Å²) in [6, 6.07) is 16.0. The minimum atomic E-state index is -0.513. The number of ether oxygens (including phenoxy) is 2. The smallest absolute Gasteiger partial charge is 0.293 e. The van der Waals surface area contributed by atoms with Crippen molar-refractivity contribution >= 4 is 57.9 Å². The Kier molecular flexibility index (Phi) is 7.83. The van der Waals surface area contributed by atoms with Gasteiger partial charge < -0.3 is 9.47 Å². The highest BCUT2D eigenvalue weighted by Gasteiger charge is 2.35. The van der Waals surface area contributed by atoms with Crippen molar-refractivity contribution in [1.29, 1.82) is 0 Å². The van der Waals surface area contributed by atoms with Gasteiger partial charge in [0.05, 0.1) is 23.5 Å². The number of methoxy groups -OCH3 is 1. The fraction of sp³-hybridized carbons (Fsp3) is 0.120. The molecule has 1 aliphatic heterocycles. The van der Waals surface area contributed by atoms with E-state index in [2.05, 4.69) is 0 Å². The third-order valence-electron chi connectivity index (χ3n) is 5.26. The number of carbonyl (C=O) groups is 2. The highest BCUT2D eigenvalue weighted by Crippen LogP contribution is 2.38. The molecule has 36 heavy (non-hydrogen) atoms. The van der Waals surface area contributed by atoms with E-state index in [1.165, 1.54) is 31.4 Å². The van der Waals surface area contributed by atoms with Crippen molar-refractivity contribution in [1.82, 2.24) is 4.90 Å². The molecule has 11 heteroatoms. The lowest BCUT2D eigenvalue weighted by Crippen LogP contribution is -2.27. The highest BCUT2D eigenvalue weighted by molar-refractivity contribution is 8.18. The SMILES string of the molecule is COc1cccc(C=C2SC(=O)N(Cc3ccc([N+](=O)[O-])cc3)C2=O)c1OCc1ccc(Cl)cc1Cl. The summed E-state index contributed by atoms with van der Waals surface area (Å²) in [4.78, 5) is 37.3. The summed E-state index contributed by atoms with van der Waals surface area (Å²) in [6.07, 6.45) is 1.57. The topological polar surface area (TPSA) is 99.0 Å². The van der Waals surface area contributed by atoms with Gasteiger partial charge in [0.1, 0.15) is 6.61 Å². The molecule has 0 radical (unpaired) electrons. The average molecular weight is 545 g/mol. The molecule has 1 heterocycles. The Morgan fingerprint density at radius 1 is 1.08 bits per heavy atom. The van der Waals surface area contributed by atoms with Crippen LogP contribution in [-0.2, 0) is 17.9 Å². The van der Waals surface area contributed by atoms with Crippen molar-refractivity contribution in [3.8, 4) is 11.5 Å². The standard InChI is InChI=1S/C25H18Cl2N2O6S/c1-34-21-4-2-3-16(23(21)35-14-17-7-8-18(26)12-20(17)27)11-22-24(30)28(25(31)36-22)13-15-5-9-19(10-6-15)29(32)33/h2-12H,13-14H2,1H3. The van der Waals surface area contributed by atoms with Gasteiger partial charge in [0.2, 0.25) is 0 Å². The van der Waals surface area contributed by atoms with Crippen LogP contribution < -0.4 is 9.47 Å². The van der Waals surface area contributed by atoms with E-state index in [-0.39, 0.29) is 23.7 Å². The number of nitro groups is 1. The molecule has 0 aliphatic carbocycles. The summed E-state index contributed by atoms with van der Waals surface area (Å²) in [7, 11) is 1.50. The molecule has 0 aromatic heterocycles. The fourth-order valence-corrected chi connectivity index (χ4v) is 4.73. The second-order valence-corrected chi connectivity index (χ2v) is 9.43. The number of thioether (sulfide) groups is 1. The summed E-state index contributed by atoms with van der Waals surface area (Å²) >= 11 is 13.0. The van der Waals surface area contributed by atoms with Crippen LogP contribution in [0.15, 0.2) is 65.6 Å². The molecule has 0 bridgehead atoms. The van der Waals surface area contributed by atoms with Crippen molar-refractivity contribution < 1.29 is 24.0 Å². The van der Waals surface area contributed by atoms with Gasteiger partial charge in [-0.3, -0.25) is 24.6 Å². The monoisotopic (exact) mass is 544 g/mol. The number of nitro benzene ring substituents is 1. The number of para-hydroxylation sites is 1. The van der Waals surface area contributed by atoms with E-state index in [1.54, 1.807) is 42.5 Å². The summed E-state index contributed by atoms with van der Waals surface area (Å²) in [5.74, 6) is 0.352. The number of nitrogens with zero attached hydrogens (tertiary/aromatic N) is 2. The molecule has 184 valence electrons. The highest BCUT2D eigenvalue weighted by atomic mass is 35.5. The van der Waals surface area contributed by atoms with Crippen molar-refractivity contribution in [2.45, 2.75) is 13.2 Å². The predicted molar refractivity (Wildman–Crippen MR) is 138 cm³/mol. The summed E-state index contributed by atoms with van der Waals surface area (Å²) in [5.41, 5.74) is 1.77. The zero-order chi connectivity index (χ0) is 25.8. The van der Waals surface area contributed by atoms with E-state index in [9.17, 15) is 19.7 Å². The summed E-state index contributed by atoms with van der Waals surface area (Å²) in [6.45, 7) is 0.120. The van der Waals surface area contributed by atoms with Crippen LogP contribution in [0.2, 0.25) is 10.0 Å². The van der Waals surface area contributed by atoms with E-state index in [1.807, 2.05) is 0 Å². The van der Waals surface area contributed by atoms with Gasteiger partial charge in [-0.25, -0.2) is 0 Å². The van der Waals surface area contributed by atoms with E-state index in [0.717, 1.165) is 16.7 Å². The lowest BCUT2D eigenvalue weighted by atomic mass is 10.1. The quantitative estimate of drug-likeness (QED) is 0.176. The first kappa shape index (κ1) is 25.6. The Balaban J connectivity index is 1.57.